The lowest BCUT2D eigenvalue weighted by molar-refractivity contribution is 0.386. The number of rotatable bonds is 8. The molecule has 0 aliphatic heterocycles. The molecule has 1 aromatic carbocycles. The van der Waals surface area contributed by atoms with E-state index < -0.39 is 0 Å². The van der Waals surface area contributed by atoms with Crippen LogP contribution in [0.2, 0.25) is 0 Å². The van der Waals surface area contributed by atoms with Crippen LogP contribution in [0.3, 0.4) is 0 Å². The van der Waals surface area contributed by atoms with Gasteiger partial charge in [-0.15, -0.1) is 0 Å². The highest BCUT2D eigenvalue weighted by atomic mass is 19.1. The minimum absolute atomic E-state index is 0.259. The highest BCUT2D eigenvalue weighted by molar-refractivity contribution is 5.29. The predicted molar refractivity (Wildman–Crippen MR) is 76.1 cm³/mol. The molecule has 1 N–H and O–H groups in total. The van der Waals surface area contributed by atoms with E-state index >= 15 is 0 Å². The molecule has 3 heteroatoms. The summed E-state index contributed by atoms with van der Waals surface area (Å²) >= 11 is 0. The third-order valence-corrected chi connectivity index (χ3v) is 3.85. The van der Waals surface area contributed by atoms with Crippen molar-refractivity contribution in [1.82, 2.24) is 5.32 Å². The molecule has 1 aromatic rings. The molecule has 1 atom stereocenters. The summed E-state index contributed by atoms with van der Waals surface area (Å²) in [7, 11) is 1.49. The second-order valence-electron chi connectivity index (χ2n) is 5.36. The van der Waals surface area contributed by atoms with Crippen molar-refractivity contribution >= 4 is 0 Å². The van der Waals surface area contributed by atoms with Crippen LogP contribution in [0.25, 0.3) is 0 Å². The fraction of sp³-hybridized carbons (Fsp3) is 0.625. The van der Waals surface area contributed by atoms with Gasteiger partial charge in [0, 0.05) is 6.04 Å². The van der Waals surface area contributed by atoms with Crippen molar-refractivity contribution < 1.29 is 9.13 Å². The molecule has 0 radical (unpaired) electrons. The van der Waals surface area contributed by atoms with Crippen LogP contribution in [0.15, 0.2) is 18.2 Å². The Morgan fingerprint density at radius 3 is 2.79 bits per heavy atom. The number of benzene rings is 1. The van der Waals surface area contributed by atoms with Crippen LogP contribution in [-0.2, 0) is 6.42 Å². The second-order valence-corrected chi connectivity index (χ2v) is 5.36. The molecule has 106 valence electrons. The summed E-state index contributed by atoms with van der Waals surface area (Å²) in [6, 6.07) is 5.93. The van der Waals surface area contributed by atoms with Crippen molar-refractivity contribution in [2.75, 3.05) is 13.7 Å². The molecule has 0 heterocycles. The number of methoxy groups -OCH3 is 1. The monoisotopic (exact) mass is 265 g/mol. The number of hydrogen-bond donors (Lipinski definition) is 1. The van der Waals surface area contributed by atoms with Crippen LogP contribution in [-0.4, -0.2) is 19.7 Å². The molecule has 0 saturated heterocycles. The Morgan fingerprint density at radius 2 is 2.21 bits per heavy atom. The lowest BCUT2D eigenvalue weighted by atomic mass is 10.0. The smallest absolute Gasteiger partial charge is 0.165 e. The van der Waals surface area contributed by atoms with Crippen molar-refractivity contribution in [2.45, 2.75) is 45.1 Å². The van der Waals surface area contributed by atoms with Crippen molar-refractivity contribution in [3.8, 4) is 5.75 Å². The minimum atomic E-state index is -0.259. The predicted octanol–water partition coefficient (Wildman–Crippen LogP) is 3.55. The van der Waals surface area contributed by atoms with Gasteiger partial charge in [0.25, 0.3) is 0 Å². The van der Waals surface area contributed by atoms with Crippen LogP contribution < -0.4 is 10.1 Å². The molecule has 1 fully saturated rings. The molecule has 2 rings (SSSR count). The van der Waals surface area contributed by atoms with Gasteiger partial charge in [0.2, 0.25) is 0 Å². The van der Waals surface area contributed by atoms with E-state index in [1.54, 1.807) is 12.1 Å². The summed E-state index contributed by atoms with van der Waals surface area (Å²) in [6.45, 7) is 3.20. The topological polar surface area (TPSA) is 21.3 Å². The second kappa shape index (κ2) is 6.90. The highest BCUT2D eigenvalue weighted by Crippen LogP contribution is 2.34. The maximum atomic E-state index is 13.6. The summed E-state index contributed by atoms with van der Waals surface area (Å²) in [5.74, 6) is 0.949. The van der Waals surface area contributed by atoms with E-state index in [1.807, 2.05) is 6.07 Å². The highest BCUT2D eigenvalue weighted by Gasteiger charge is 2.29. The molecule has 0 amide bonds. The first-order valence-corrected chi connectivity index (χ1v) is 7.30. The summed E-state index contributed by atoms with van der Waals surface area (Å²) < 4.78 is 18.5. The normalized spacial score (nSPS) is 16.4. The zero-order valence-corrected chi connectivity index (χ0v) is 11.9. The van der Waals surface area contributed by atoms with Gasteiger partial charge in [-0.25, -0.2) is 4.39 Å². The van der Waals surface area contributed by atoms with Crippen LogP contribution >= 0.6 is 0 Å². The Bertz CT molecular complexity index is 404. The van der Waals surface area contributed by atoms with Gasteiger partial charge in [0.15, 0.2) is 11.6 Å². The van der Waals surface area contributed by atoms with Crippen molar-refractivity contribution in [2.24, 2.45) is 5.92 Å². The molecule has 1 unspecified atom stereocenters. The number of ether oxygens (including phenoxy) is 1. The third-order valence-electron chi connectivity index (χ3n) is 3.85. The van der Waals surface area contributed by atoms with Gasteiger partial charge in [0.05, 0.1) is 7.11 Å². The van der Waals surface area contributed by atoms with Gasteiger partial charge in [-0.1, -0.05) is 13.0 Å². The minimum Gasteiger partial charge on any atom is -0.494 e. The van der Waals surface area contributed by atoms with Gasteiger partial charge < -0.3 is 10.1 Å². The summed E-state index contributed by atoms with van der Waals surface area (Å²) in [5, 5.41) is 3.57. The maximum absolute atomic E-state index is 13.6. The zero-order chi connectivity index (χ0) is 13.7. The van der Waals surface area contributed by atoms with Crippen molar-refractivity contribution in [3.63, 3.8) is 0 Å². The van der Waals surface area contributed by atoms with E-state index in [-0.39, 0.29) is 5.82 Å². The number of nitrogens with one attached hydrogen (secondary N) is 1. The van der Waals surface area contributed by atoms with Crippen LogP contribution in [0.5, 0.6) is 5.75 Å². The summed E-state index contributed by atoms with van der Waals surface area (Å²) in [5.41, 5.74) is 1.06. The van der Waals surface area contributed by atoms with Crippen molar-refractivity contribution in [1.29, 1.82) is 0 Å². The zero-order valence-electron chi connectivity index (χ0n) is 11.9. The van der Waals surface area contributed by atoms with Crippen LogP contribution in [0.1, 0.15) is 38.2 Å². The summed E-state index contributed by atoms with van der Waals surface area (Å²) in [4.78, 5) is 0. The average molecular weight is 265 g/mol. The van der Waals surface area contributed by atoms with E-state index in [0.717, 1.165) is 30.9 Å². The molecule has 0 aromatic heterocycles. The molecule has 0 spiro atoms. The van der Waals surface area contributed by atoms with Crippen LogP contribution in [0, 0.1) is 11.7 Å². The Labute approximate surface area is 115 Å². The molecule has 1 aliphatic carbocycles. The Kier molecular flexibility index (Phi) is 5.20. The van der Waals surface area contributed by atoms with Gasteiger partial charge in [-0.05, 0) is 62.3 Å². The molecule has 0 bridgehead atoms. The lowest BCUT2D eigenvalue weighted by Gasteiger charge is -2.17. The number of aryl methyl sites for hydroxylation is 1. The van der Waals surface area contributed by atoms with Crippen molar-refractivity contribution in [3.05, 3.63) is 29.6 Å². The van der Waals surface area contributed by atoms with E-state index in [9.17, 15) is 4.39 Å². The van der Waals surface area contributed by atoms with E-state index in [0.29, 0.717) is 11.8 Å². The standard InChI is InChI=1S/C16H24FNO/c1-3-18-15(13-8-9-13)6-4-5-12-7-10-16(19-2)14(17)11-12/h7,10-11,13,15,18H,3-6,8-9H2,1-2H3. The SMILES string of the molecule is CCNC(CCCc1ccc(OC)c(F)c1)C1CC1. The van der Waals surface area contributed by atoms with Gasteiger partial charge in [-0.3, -0.25) is 0 Å². The molecular formula is C16H24FNO. The first-order valence-electron chi connectivity index (χ1n) is 7.30. The van der Waals surface area contributed by atoms with E-state index in [1.165, 1.54) is 26.4 Å². The molecule has 1 saturated carbocycles. The summed E-state index contributed by atoms with van der Waals surface area (Å²) in [6.07, 6.45) is 5.98. The molecular weight excluding hydrogens is 241 g/mol. The maximum Gasteiger partial charge on any atom is 0.165 e. The number of hydrogen-bond acceptors (Lipinski definition) is 2. The molecule has 19 heavy (non-hydrogen) atoms. The Balaban J connectivity index is 1.79. The van der Waals surface area contributed by atoms with E-state index in [2.05, 4.69) is 12.2 Å². The third kappa shape index (κ3) is 4.20. The van der Waals surface area contributed by atoms with E-state index in [4.69, 9.17) is 4.74 Å². The quantitative estimate of drug-likeness (QED) is 0.776. The largest absolute Gasteiger partial charge is 0.494 e. The lowest BCUT2D eigenvalue weighted by Crippen LogP contribution is -2.30. The van der Waals surface area contributed by atoms with Gasteiger partial charge in [-0.2, -0.15) is 0 Å². The van der Waals surface area contributed by atoms with Gasteiger partial charge >= 0.3 is 0 Å². The molecule has 1 aliphatic rings. The Morgan fingerprint density at radius 1 is 1.42 bits per heavy atom. The Hall–Kier alpha value is -1.09. The molecule has 2 nitrogen and oxygen atoms in total. The number of halogens is 1. The fourth-order valence-electron chi connectivity index (χ4n) is 2.66. The first-order chi connectivity index (χ1) is 9.24. The van der Waals surface area contributed by atoms with Crippen LogP contribution in [0.4, 0.5) is 4.39 Å². The fourth-order valence-corrected chi connectivity index (χ4v) is 2.66. The average Bonchev–Trinajstić information content (AvgIpc) is 3.22. The van der Waals surface area contributed by atoms with Gasteiger partial charge in [0.1, 0.15) is 0 Å². The first kappa shape index (κ1) is 14.3.